The van der Waals surface area contributed by atoms with Crippen molar-refractivity contribution in [1.82, 2.24) is 0 Å². The number of benzene rings is 1. The quantitative estimate of drug-likeness (QED) is 0.328. The molecule has 0 saturated carbocycles. The summed E-state index contributed by atoms with van der Waals surface area (Å²) in [4.78, 5) is 0. The second kappa shape index (κ2) is 15.5. The van der Waals surface area contributed by atoms with Gasteiger partial charge in [0.2, 0.25) is 0 Å². The van der Waals surface area contributed by atoms with Gasteiger partial charge in [0.1, 0.15) is 0 Å². The Balaban J connectivity index is 0.00000576. The summed E-state index contributed by atoms with van der Waals surface area (Å²) in [6.07, 6.45) is 18.8. The third-order valence-electron chi connectivity index (χ3n) is 5.04. The van der Waals surface area contributed by atoms with Gasteiger partial charge in [0.25, 0.3) is 0 Å². The predicted molar refractivity (Wildman–Crippen MR) is 108 cm³/mol. The van der Waals surface area contributed by atoms with E-state index in [-0.39, 0.29) is 12.4 Å². The molecule has 0 N–H and O–H groups in total. The van der Waals surface area contributed by atoms with E-state index in [2.05, 4.69) is 51.0 Å². The second-order valence-corrected chi connectivity index (χ2v) is 7.81. The van der Waals surface area contributed by atoms with Crippen molar-refractivity contribution >= 4 is 0 Å². The van der Waals surface area contributed by atoms with Crippen molar-refractivity contribution in [3.05, 3.63) is 48.7 Å². The molecule has 0 unspecified atom stereocenters. The van der Waals surface area contributed by atoms with Crippen molar-refractivity contribution < 1.29 is 16.9 Å². The van der Waals surface area contributed by atoms with E-state index < -0.39 is 0 Å². The minimum Gasteiger partial charge on any atom is -1.00 e. The lowest BCUT2D eigenvalue weighted by Crippen LogP contribution is -3.00. The average molecular weight is 366 g/mol. The lowest BCUT2D eigenvalue weighted by molar-refractivity contribution is -0.838. The third kappa shape index (κ3) is 14.1. The van der Waals surface area contributed by atoms with E-state index in [0.29, 0.717) is 0 Å². The van der Waals surface area contributed by atoms with Gasteiger partial charge in [0.15, 0.2) is 0 Å². The van der Waals surface area contributed by atoms with Crippen molar-refractivity contribution in [2.45, 2.75) is 77.0 Å². The number of quaternary nitrogens is 1. The van der Waals surface area contributed by atoms with Crippen LogP contribution >= 0.6 is 0 Å². The largest absolute Gasteiger partial charge is 1.00 e. The lowest BCUT2D eigenvalue weighted by Gasteiger charge is -2.24. The van der Waals surface area contributed by atoms with Crippen LogP contribution in [0.15, 0.2) is 43.1 Å². The van der Waals surface area contributed by atoms with Gasteiger partial charge in [-0.2, -0.15) is 0 Å². The summed E-state index contributed by atoms with van der Waals surface area (Å²) < 4.78 is 0.949. The van der Waals surface area contributed by atoms with E-state index >= 15 is 0 Å². The zero-order chi connectivity index (χ0) is 17.5. The Kier molecular flexibility index (Phi) is 15.0. The van der Waals surface area contributed by atoms with Crippen LogP contribution in [0.5, 0.6) is 0 Å². The van der Waals surface area contributed by atoms with Crippen LogP contribution in [0.1, 0.15) is 76.2 Å². The van der Waals surface area contributed by atoms with E-state index in [1.807, 2.05) is 6.20 Å². The van der Waals surface area contributed by atoms with Crippen LogP contribution in [0.2, 0.25) is 0 Å². The fourth-order valence-corrected chi connectivity index (χ4v) is 3.18. The maximum Gasteiger partial charge on any atom is 0.0881 e. The second-order valence-electron chi connectivity index (χ2n) is 7.81. The van der Waals surface area contributed by atoms with Crippen LogP contribution in [0.25, 0.3) is 0 Å². The fraction of sp³-hybridized carbons (Fsp3) is 0.652. The molecule has 0 spiro atoms. The highest BCUT2D eigenvalue weighted by atomic mass is 35.5. The molecule has 0 aliphatic heterocycles. The van der Waals surface area contributed by atoms with Crippen LogP contribution in [0.4, 0.5) is 0 Å². The molecule has 144 valence electrons. The molecule has 0 amide bonds. The van der Waals surface area contributed by atoms with Gasteiger partial charge in [0.05, 0.1) is 26.8 Å². The van der Waals surface area contributed by atoms with Gasteiger partial charge in [-0.3, -0.25) is 0 Å². The van der Waals surface area contributed by atoms with Gasteiger partial charge in [-0.15, -0.1) is 0 Å². The van der Waals surface area contributed by atoms with Crippen molar-refractivity contribution in [2.24, 2.45) is 0 Å². The number of hydrogen-bond donors (Lipinski definition) is 0. The topological polar surface area (TPSA) is 0 Å². The first kappa shape index (κ1) is 24.2. The molecule has 0 aliphatic carbocycles. The molecule has 2 heteroatoms. The Morgan fingerprint density at radius 2 is 1.16 bits per heavy atom. The van der Waals surface area contributed by atoms with Crippen molar-refractivity contribution in [1.29, 1.82) is 0 Å². The molecule has 0 heterocycles. The van der Waals surface area contributed by atoms with E-state index in [1.165, 1.54) is 89.2 Å². The van der Waals surface area contributed by atoms with Crippen LogP contribution in [0, 0.1) is 0 Å². The van der Waals surface area contributed by atoms with Crippen LogP contribution in [-0.4, -0.2) is 25.1 Å². The first-order valence-corrected chi connectivity index (χ1v) is 10.1. The average Bonchev–Trinajstić information content (AvgIpc) is 2.60. The van der Waals surface area contributed by atoms with Gasteiger partial charge < -0.3 is 16.9 Å². The van der Waals surface area contributed by atoms with Crippen LogP contribution < -0.4 is 12.4 Å². The summed E-state index contributed by atoms with van der Waals surface area (Å²) in [5.74, 6) is 0. The van der Waals surface area contributed by atoms with Crippen molar-refractivity contribution in [3.63, 3.8) is 0 Å². The molecule has 1 rings (SSSR count). The Bertz CT molecular complexity index is 413. The number of aryl methyl sites for hydroxylation is 1. The summed E-state index contributed by atoms with van der Waals surface area (Å²) in [7, 11) is 4.46. The van der Waals surface area contributed by atoms with Gasteiger partial charge in [-0.05, 0) is 37.8 Å². The van der Waals surface area contributed by atoms with Crippen molar-refractivity contribution in [3.8, 4) is 0 Å². The Hall–Kier alpha value is -0.790. The maximum atomic E-state index is 3.90. The van der Waals surface area contributed by atoms with E-state index in [9.17, 15) is 0 Å². The standard InChI is InChI=1S/C23H40N.ClH/c1-4-24(2,3)22-18-13-11-9-7-5-6-8-10-12-15-19-23-20-16-14-17-21-23;/h4,14,16-17,20-21H,1,5-13,15,18-19,22H2,2-3H3;1H/q+1;/p-1. The minimum absolute atomic E-state index is 0. The molecule has 1 aromatic rings. The SMILES string of the molecule is C=C[N+](C)(C)CCCCCCCCCCCCCc1ccccc1.[Cl-]. The van der Waals surface area contributed by atoms with Gasteiger partial charge in [-0.1, -0.05) is 81.7 Å². The number of unbranched alkanes of at least 4 members (excludes halogenated alkanes) is 10. The molecule has 1 aromatic carbocycles. The summed E-state index contributed by atoms with van der Waals surface area (Å²) in [6, 6.07) is 10.9. The summed E-state index contributed by atoms with van der Waals surface area (Å²) >= 11 is 0. The minimum atomic E-state index is 0. The fourth-order valence-electron chi connectivity index (χ4n) is 3.18. The monoisotopic (exact) mass is 365 g/mol. The lowest BCUT2D eigenvalue weighted by atomic mass is 10.0. The van der Waals surface area contributed by atoms with Crippen LogP contribution in [-0.2, 0) is 6.42 Å². The van der Waals surface area contributed by atoms with Crippen LogP contribution in [0.3, 0.4) is 0 Å². The van der Waals surface area contributed by atoms with Crippen molar-refractivity contribution in [2.75, 3.05) is 20.6 Å². The summed E-state index contributed by atoms with van der Waals surface area (Å²) in [5.41, 5.74) is 1.49. The molecule has 0 aromatic heterocycles. The molecule has 0 saturated heterocycles. The van der Waals surface area contributed by atoms with E-state index in [1.54, 1.807) is 0 Å². The van der Waals surface area contributed by atoms with E-state index in [0.717, 1.165) is 4.48 Å². The van der Waals surface area contributed by atoms with E-state index in [4.69, 9.17) is 0 Å². The number of nitrogens with zero attached hydrogens (tertiary/aromatic N) is 1. The molecule has 0 aliphatic rings. The predicted octanol–water partition coefficient (Wildman–Crippen LogP) is 3.74. The Labute approximate surface area is 163 Å². The first-order valence-electron chi connectivity index (χ1n) is 10.1. The molecular formula is C23H40ClN. The molecule has 1 nitrogen and oxygen atoms in total. The molecule has 0 bridgehead atoms. The molecule has 0 fully saturated rings. The highest BCUT2D eigenvalue weighted by molar-refractivity contribution is 5.14. The molecule has 25 heavy (non-hydrogen) atoms. The normalized spacial score (nSPS) is 11.1. The van der Waals surface area contributed by atoms with Gasteiger partial charge in [-0.25, -0.2) is 0 Å². The van der Waals surface area contributed by atoms with Gasteiger partial charge >= 0.3 is 0 Å². The highest BCUT2D eigenvalue weighted by Crippen LogP contribution is 2.13. The number of halogens is 1. The Morgan fingerprint density at radius 3 is 1.64 bits per heavy atom. The summed E-state index contributed by atoms with van der Waals surface area (Å²) in [5, 5.41) is 0. The molecule has 0 atom stereocenters. The Morgan fingerprint density at radius 1 is 0.720 bits per heavy atom. The van der Waals surface area contributed by atoms with Gasteiger partial charge in [0, 0.05) is 0 Å². The third-order valence-corrected chi connectivity index (χ3v) is 5.04. The molecular weight excluding hydrogens is 326 g/mol. The number of rotatable bonds is 15. The molecule has 0 radical (unpaired) electrons. The first-order chi connectivity index (χ1) is 11.6. The zero-order valence-corrected chi connectivity index (χ0v) is 17.4. The maximum absolute atomic E-state index is 3.90. The highest BCUT2D eigenvalue weighted by Gasteiger charge is 2.08. The zero-order valence-electron chi connectivity index (χ0n) is 16.7. The number of hydrogen-bond acceptors (Lipinski definition) is 0. The smallest absolute Gasteiger partial charge is 0.0881 e. The summed E-state index contributed by atoms with van der Waals surface area (Å²) in [6.45, 7) is 5.12.